The minimum absolute atomic E-state index is 0.0582. The molecule has 0 aromatic carbocycles. The monoisotopic (exact) mass is 298 g/mol. The first-order valence-corrected chi connectivity index (χ1v) is 7.58. The van der Waals surface area contributed by atoms with Gasteiger partial charge in [-0.15, -0.1) is 0 Å². The highest BCUT2D eigenvalue weighted by molar-refractivity contribution is 6.09. The Balaban J connectivity index is 2.85. The SMILES string of the molecule is CC(C)CCC(=O)[C@]1(O)CC(=O)C(C(=O)CC(C)C)C1O. The Morgan fingerprint density at radius 3 is 2.29 bits per heavy atom. The van der Waals surface area contributed by atoms with Crippen molar-refractivity contribution in [3.8, 4) is 0 Å². The van der Waals surface area contributed by atoms with E-state index in [1.165, 1.54) is 0 Å². The van der Waals surface area contributed by atoms with Crippen molar-refractivity contribution < 1.29 is 24.6 Å². The summed E-state index contributed by atoms with van der Waals surface area (Å²) < 4.78 is 0. The first kappa shape index (κ1) is 18.0. The van der Waals surface area contributed by atoms with Crippen LogP contribution >= 0.6 is 0 Å². The van der Waals surface area contributed by atoms with Gasteiger partial charge in [0, 0.05) is 19.3 Å². The average Bonchev–Trinajstić information content (AvgIpc) is 2.57. The minimum Gasteiger partial charge on any atom is -0.388 e. The zero-order valence-electron chi connectivity index (χ0n) is 13.3. The summed E-state index contributed by atoms with van der Waals surface area (Å²) in [5.74, 6) is -2.39. The molecule has 0 aromatic heterocycles. The molecule has 1 aliphatic carbocycles. The van der Waals surface area contributed by atoms with E-state index >= 15 is 0 Å². The lowest BCUT2D eigenvalue weighted by Crippen LogP contribution is -2.48. The van der Waals surface area contributed by atoms with E-state index < -0.39 is 41.4 Å². The Labute approximate surface area is 125 Å². The largest absolute Gasteiger partial charge is 0.388 e. The summed E-state index contributed by atoms with van der Waals surface area (Å²) in [5, 5.41) is 20.6. The van der Waals surface area contributed by atoms with E-state index in [4.69, 9.17) is 0 Å². The summed E-state index contributed by atoms with van der Waals surface area (Å²) in [6.07, 6.45) is -1.24. The van der Waals surface area contributed by atoms with Gasteiger partial charge in [-0.05, 0) is 18.3 Å². The van der Waals surface area contributed by atoms with Crippen LogP contribution in [-0.4, -0.2) is 39.3 Å². The Kier molecular flexibility index (Phi) is 5.82. The van der Waals surface area contributed by atoms with Crippen LogP contribution < -0.4 is 0 Å². The van der Waals surface area contributed by atoms with Gasteiger partial charge in [0.05, 0.1) is 0 Å². The minimum atomic E-state index is -2.09. The van der Waals surface area contributed by atoms with Gasteiger partial charge in [-0.25, -0.2) is 0 Å². The Morgan fingerprint density at radius 1 is 1.24 bits per heavy atom. The molecular weight excluding hydrogens is 272 g/mol. The molecule has 3 atom stereocenters. The molecule has 0 aliphatic heterocycles. The third-order valence-electron chi connectivity index (χ3n) is 3.98. The van der Waals surface area contributed by atoms with Gasteiger partial charge in [-0.3, -0.25) is 14.4 Å². The number of carbonyl (C=O) groups excluding carboxylic acids is 3. The number of hydrogen-bond donors (Lipinski definition) is 2. The molecule has 0 saturated heterocycles. The predicted molar refractivity (Wildman–Crippen MR) is 77.6 cm³/mol. The van der Waals surface area contributed by atoms with Gasteiger partial charge in [0.2, 0.25) is 0 Å². The molecule has 1 fully saturated rings. The highest BCUT2D eigenvalue weighted by Crippen LogP contribution is 2.36. The maximum atomic E-state index is 12.1. The molecule has 0 amide bonds. The van der Waals surface area contributed by atoms with Crippen LogP contribution in [-0.2, 0) is 14.4 Å². The lowest BCUT2D eigenvalue weighted by atomic mass is 9.86. The molecule has 2 N–H and O–H groups in total. The molecule has 1 aliphatic rings. The molecule has 1 rings (SSSR count). The molecule has 120 valence electrons. The summed E-state index contributed by atoms with van der Waals surface area (Å²) in [4.78, 5) is 36.2. The lowest BCUT2D eigenvalue weighted by molar-refractivity contribution is -0.150. The van der Waals surface area contributed by atoms with Crippen LogP contribution in [0.1, 0.15) is 53.4 Å². The van der Waals surface area contributed by atoms with Crippen molar-refractivity contribution in [1.82, 2.24) is 0 Å². The fourth-order valence-corrected chi connectivity index (χ4v) is 2.72. The molecular formula is C16H26O5. The van der Waals surface area contributed by atoms with Gasteiger partial charge in [-0.2, -0.15) is 0 Å². The third kappa shape index (κ3) is 3.98. The Bertz CT molecular complexity index is 426. The van der Waals surface area contributed by atoms with Crippen LogP contribution in [0.3, 0.4) is 0 Å². The second-order valence-electron chi connectivity index (χ2n) is 6.91. The van der Waals surface area contributed by atoms with Crippen molar-refractivity contribution in [2.24, 2.45) is 17.8 Å². The number of ketones is 3. The quantitative estimate of drug-likeness (QED) is 0.691. The zero-order valence-corrected chi connectivity index (χ0v) is 13.3. The maximum Gasteiger partial charge on any atom is 0.167 e. The van der Waals surface area contributed by atoms with Crippen molar-refractivity contribution in [1.29, 1.82) is 0 Å². The molecule has 2 unspecified atom stereocenters. The Morgan fingerprint density at radius 2 is 1.81 bits per heavy atom. The number of hydrogen-bond acceptors (Lipinski definition) is 5. The van der Waals surface area contributed by atoms with Crippen LogP contribution in [0.15, 0.2) is 0 Å². The van der Waals surface area contributed by atoms with E-state index in [1.807, 2.05) is 27.7 Å². The van der Waals surface area contributed by atoms with Crippen molar-refractivity contribution in [3.05, 3.63) is 0 Å². The van der Waals surface area contributed by atoms with E-state index in [2.05, 4.69) is 0 Å². The number of rotatable bonds is 7. The highest BCUT2D eigenvalue weighted by atomic mass is 16.4. The van der Waals surface area contributed by atoms with E-state index in [0.717, 1.165) is 0 Å². The topological polar surface area (TPSA) is 91.7 Å². The fraction of sp³-hybridized carbons (Fsp3) is 0.812. The van der Waals surface area contributed by atoms with E-state index in [9.17, 15) is 24.6 Å². The highest BCUT2D eigenvalue weighted by Gasteiger charge is 2.57. The number of Topliss-reactive ketones (excluding diaryl/α,β-unsaturated/α-hetero) is 3. The molecule has 21 heavy (non-hydrogen) atoms. The smallest absolute Gasteiger partial charge is 0.167 e. The standard InChI is InChI=1S/C16H26O5/c1-9(2)5-6-13(19)16(21)8-12(18)14(15(16)20)11(17)7-10(3)4/h9-10,14-15,20-21H,5-8H2,1-4H3/t14?,15?,16-/m1/s1. The van der Waals surface area contributed by atoms with Crippen LogP contribution in [0.2, 0.25) is 0 Å². The zero-order chi connectivity index (χ0) is 16.4. The normalized spacial score (nSPS) is 29.4. The van der Waals surface area contributed by atoms with E-state index in [-0.39, 0.29) is 24.7 Å². The number of aliphatic hydroxyl groups is 2. The second-order valence-corrected chi connectivity index (χ2v) is 6.91. The molecule has 0 spiro atoms. The Hall–Kier alpha value is -1.07. The van der Waals surface area contributed by atoms with Crippen LogP contribution in [0.5, 0.6) is 0 Å². The molecule has 0 bridgehead atoms. The van der Waals surface area contributed by atoms with Crippen molar-refractivity contribution in [3.63, 3.8) is 0 Å². The summed E-state index contributed by atoms with van der Waals surface area (Å²) in [6, 6.07) is 0. The third-order valence-corrected chi connectivity index (χ3v) is 3.98. The first-order chi connectivity index (χ1) is 9.59. The van der Waals surface area contributed by atoms with E-state index in [1.54, 1.807) is 0 Å². The van der Waals surface area contributed by atoms with Gasteiger partial charge >= 0.3 is 0 Å². The summed E-state index contributed by atoms with van der Waals surface area (Å²) in [5.41, 5.74) is -2.09. The molecule has 0 aromatic rings. The van der Waals surface area contributed by atoms with Gasteiger partial charge in [-0.1, -0.05) is 27.7 Å². The second kappa shape index (κ2) is 6.79. The first-order valence-electron chi connectivity index (χ1n) is 7.58. The molecule has 5 nitrogen and oxygen atoms in total. The van der Waals surface area contributed by atoms with Gasteiger partial charge in [0.15, 0.2) is 11.4 Å². The maximum absolute atomic E-state index is 12.1. The summed E-state index contributed by atoms with van der Waals surface area (Å²) in [7, 11) is 0. The van der Waals surface area contributed by atoms with Crippen LogP contribution in [0.25, 0.3) is 0 Å². The molecule has 0 heterocycles. The van der Waals surface area contributed by atoms with Crippen LogP contribution in [0.4, 0.5) is 0 Å². The molecule has 5 heteroatoms. The van der Waals surface area contributed by atoms with Crippen molar-refractivity contribution in [2.45, 2.75) is 65.1 Å². The summed E-state index contributed by atoms with van der Waals surface area (Å²) in [6.45, 7) is 7.57. The number of aliphatic hydroxyl groups excluding tert-OH is 1. The lowest BCUT2D eigenvalue weighted by Gasteiger charge is -2.26. The average molecular weight is 298 g/mol. The predicted octanol–water partition coefficient (Wildman–Crippen LogP) is 1.29. The van der Waals surface area contributed by atoms with Crippen molar-refractivity contribution in [2.75, 3.05) is 0 Å². The van der Waals surface area contributed by atoms with Crippen molar-refractivity contribution >= 4 is 17.3 Å². The van der Waals surface area contributed by atoms with Crippen LogP contribution in [0, 0.1) is 17.8 Å². The fourth-order valence-electron chi connectivity index (χ4n) is 2.72. The molecule has 1 saturated carbocycles. The van der Waals surface area contributed by atoms with Gasteiger partial charge in [0.25, 0.3) is 0 Å². The summed E-state index contributed by atoms with van der Waals surface area (Å²) >= 11 is 0. The van der Waals surface area contributed by atoms with Gasteiger partial charge < -0.3 is 10.2 Å². The number of carbonyl (C=O) groups is 3. The van der Waals surface area contributed by atoms with Gasteiger partial charge in [0.1, 0.15) is 23.6 Å². The van der Waals surface area contributed by atoms with E-state index in [0.29, 0.717) is 6.42 Å². The molecule has 0 radical (unpaired) electrons.